The summed E-state index contributed by atoms with van der Waals surface area (Å²) in [6, 6.07) is 5.54. The molecule has 78 valence electrons. The lowest BCUT2D eigenvalue weighted by atomic mass is 10.2. The van der Waals surface area contributed by atoms with Gasteiger partial charge in [0, 0.05) is 11.6 Å². The van der Waals surface area contributed by atoms with Crippen molar-refractivity contribution in [3.63, 3.8) is 0 Å². The summed E-state index contributed by atoms with van der Waals surface area (Å²) in [5.41, 5.74) is 0.647. The maximum Gasteiger partial charge on any atom is 0.128 e. The molecule has 1 N–H and O–H groups in total. The third kappa shape index (κ3) is 2.30. The summed E-state index contributed by atoms with van der Waals surface area (Å²) >= 11 is 6.04. The molecule has 0 saturated carbocycles. The van der Waals surface area contributed by atoms with Gasteiger partial charge < -0.3 is 14.8 Å². The predicted octanol–water partition coefficient (Wildman–Crippen LogP) is 2.16. The number of methoxy groups -OCH3 is 2. The standard InChI is InChI=1S/C10H14ClNO2/c1-12-10(11)8-5-4-7(13-2)6-9(8)14-3/h4-6,10,12H,1-3H3. The first-order valence-corrected chi connectivity index (χ1v) is 4.69. The van der Waals surface area contributed by atoms with Gasteiger partial charge in [0.25, 0.3) is 0 Å². The maximum atomic E-state index is 6.04. The molecule has 1 unspecified atom stereocenters. The van der Waals surface area contributed by atoms with E-state index >= 15 is 0 Å². The lowest BCUT2D eigenvalue weighted by molar-refractivity contribution is 0.390. The number of halogens is 1. The first-order valence-electron chi connectivity index (χ1n) is 4.26. The number of hydrogen-bond donors (Lipinski definition) is 1. The second kappa shape index (κ2) is 5.08. The van der Waals surface area contributed by atoms with Gasteiger partial charge in [0.15, 0.2) is 0 Å². The molecule has 0 heterocycles. The van der Waals surface area contributed by atoms with Crippen LogP contribution < -0.4 is 14.8 Å². The summed E-state index contributed by atoms with van der Waals surface area (Å²) in [5, 5.41) is 2.94. The Labute approximate surface area is 89.0 Å². The second-order valence-corrected chi connectivity index (χ2v) is 3.20. The summed E-state index contributed by atoms with van der Waals surface area (Å²) in [6.07, 6.45) is 0. The molecule has 0 aliphatic carbocycles. The van der Waals surface area contributed by atoms with E-state index in [1.54, 1.807) is 21.3 Å². The van der Waals surface area contributed by atoms with E-state index in [0.717, 1.165) is 17.1 Å². The average Bonchev–Trinajstić information content (AvgIpc) is 2.27. The highest BCUT2D eigenvalue weighted by Crippen LogP contribution is 2.30. The van der Waals surface area contributed by atoms with Crippen LogP contribution in [0.1, 0.15) is 11.1 Å². The second-order valence-electron chi connectivity index (χ2n) is 2.76. The molecule has 0 saturated heterocycles. The third-order valence-electron chi connectivity index (χ3n) is 1.97. The molecule has 0 aliphatic rings. The van der Waals surface area contributed by atoms with Crippen LogP contribution in [0.15, 0.2) is 18.2 Å². The van der Waals surface area contributed by atoms with Crippen molar-refractivity contribution in [3.8, 4) is 11.5 Å². The largest absolute Gasteiger partial charge is 0.497 e. The van der Waals surface area contributed by atoms with Crippen LogP contribution in [-0.4, -0.2) is 21.3 Å². The number of benzene rings is 1. The minimum absolute atomic E-state index is 0.254. The van der Waals surface area contributed by atoms with Crippen molar-refractivity contribution in [2.24, 2.45) is 0 Å². The van der Waals surface area contributed by atoms with Gasteiger partial charge in [-0.15, -0.1) is 11.6 Å². The maximum absolute atomic E-state index is 6.04. The molecule has 0 spiro atoms. The van der Waals surface area contributed by atoms with Gasteiger partial charge in [-0.05, 0) is 19.2 Å². The van der Waals surface area contributed by atoms with Crippen molar-refractivity contribution in [2.75, 3.05) is 21.3 Å². The summed E-state index contributed by atoms with van der Waals surface area (Å²) in [6.45, 7) is 0. The monoisotopic (exact) mass is 215 g/mol. The highest BCUT2D eigenvalue weighted by atomic mass is 35.5. The van der Waals surface area contributed by atoms with Crippen LogP contribution in [0.25, 0.3) is 0 Å². The van der Waals surface area contributed by atoms with E-state index < -0.39 is 0 Å². The van der Waals surface area contributed by atoms with E-state index in [2.05, 4.69) is 5.32 Å². The lowest BCUT2D eigenvalue weighted by Crippen LogP contribution is -2.11. The van der Waals surface area contributed by atoms with Gasteiger partial charge in [-0.25, -0.2) is 0 Å². The highest BCUT2D eigenvalue weighted by Gasteiger charge is 2.11. The van der Waals surface area contributed by atoms with E-state index in [9.17, 15) is 0 Å². The van der Waals surface area contributed by atoms with Crippen LogP contribution >= 0.6 is 11.6 Å². The minimum Gasteiger partial charge on any atom is -0.497 e. The quantitative estimate of drug-likeness (QED) is 0.617. The zero-order chi connectivity index (χ0) is 10.6. The van der Waals surface area contributed by atoms with Crippen molar-refractivity contribution in [1.29, 1.82) is 0 Å². The van der Waals surface area contributed by atoms with Gasteiger partial charge in [-0.2, -0.15) is 0 Å². The van der Waals surface area contributed by atoms with E-state index in [4.69, 9.17) is 21.1 Å². The average molecular weight is 216 g/mol. The molecular weight excluding hydrogens is 202 g/mol. The van der Waals surface area contributed by atoms with Crippen LogP contribution in [0.3, 0.4) is 0 Å². The molecule has 1 rings (SSSR count). The zero-order valence-corrected chi connectivity index (χ0v) is 9.26. The summed E-state index contributed by atoms with van der Waals surface area (Å²) < 4.78 is 10.3. The van der Waals surface area contributed by atoms with Crippen molar-refractivity contribution >= 4 is 11.6 Å². The Kier molecular flexibility index (Phi) is 4.04. The van der Waals surface area contributed by atoms with Crippen LogP contribution in [0.4, 0.5) is 0 Å². The Hall–Kier alpha value is -0.930. The molecule has 14 heavy (non-hydrogen) atoms. The number of rotatable bonds is 4. The third-order valence-corrected chi connectivity index (χ3v) is 2.42. The van der Waals surface area contributed by atoms with E-state index in [-0.39, 0.29) is 5.50 Å². The molecule has 0 aromatic heterocycles. The van der Waals surface area contributed by atoms with Crippen molar-refractivity contribution in [2.45, 2.75) is 5.50 Å². The minimum atomic E-state index is -0.254. The first kappa shape index (κ1) is 11.1. The van der Waals surface area contributed by atoms with Crippen LogP contribution in [0, 0.1) is 0 Å². The molecule has 0 amide bonds. The first-order chi connectivity index (χ1) is 6.72. The van der Waals surface area contributed by atoms with Crippen LogP contribution in [0.2, 0.25) is 0 Å². The van der Waals surface area contributed by atoms with Crippen LogP contribution in [0.5, 0.6) is 11.5 Å². The molecule has 1 aromatic rings. The Bertz CT molecular complexity index is 304. The van der Waals surface area contributed by atoms with Crippen molar-refractivity contribution < 1.29 is 9.47 Å². The topological polar surface area (TPSA) is 30.5 Å². The lowest BCUT2D eigenvalue weighted by Gasteiger charge is -2.14. The predicted molar refractivity (Wildman–Crippen MR) is 57.2 cm³/mol. The molecule has 0 radical (unpaired) electrons. The van der Waals surface area contributed by atoms with E-state index in [1.807, 2.05) is 18.2 Å². The molecule has 1 atom stereocenters. The SMILES string of the molecule is CNC(Cl)c1ccc(OC)cc1OC. The van der Waals surface area contributed by atoms with Gasteiger partial charge in [0.05, 0.1) is 14.2 Å². The van der Waals surface area contributed by atoms with E-state index in [0.29, 0.717) is 0 Å². The van der Waals surface area contributed by atoms with Crippen molar-refractivity contribution in [3.05, 3.63) is 23.8 Å². The van der Waals surface area contributed by atoms with Gasteiger partial charge in [0.2, 0.25) is 0 Å². The highest BCUT2D eigenvalue weighted by molar-refractivity contribution is 6.20. The Balaban J connectivity index is 3.04. The smallest absolute Gasteiger partial charge is 0.128 e. The zero-order valence-electron chi connectivity index (χ0n) is 8.50. The Morgan fingerprint density at radius 3 is 2.50 bits per heavy atom. The van der Waals surface area contributed by atoms with Crippen molar-refractivity contribution in [1.82, 2.24) is 5.32 Å². The number of ether oxygens (including phenoxy) is 2. The summed E-state index contributed by atoms with van der Waals surface area (Å²) in [5.74, 6) is 1.48. The van der Waals surface area contributed by atoms with Gasteiger partial charge in [-0.1, -0.05) is 0 Å². The van der Waals surface area contributed by atoms with Crippen LogP contribution in [-0.2, 0) is 0 Å². The number of alkyl halides is 1. The summed E-state index contributed by atoms with van der Waals surface area (Å²) in [7, 11) is 5.02. The molecular formula is C10H14ClNO2. The molecule has 4 heteroatoms. The number of nitrogens with one attached hydrogen (secondary N) is 1. The molecule has 1 aromatic carbocycles. The fourth-order valence-corrected chi connectivity index (χ4v) is 1.36. The Morgan fingerprint density at radius 1 is 1.29 bits per heavy atom. The van der Waals surface area contributed by atoms with Gasteiger partial charge in [0.1, 0.15) is 17.0 Å². The number of hydrogen-bond acceptors (Lipinski definition) is 3. The normalized spacial score (nSPS) is 12.3. The van der Waals surface area contributed by atoms with Gasteiger partial charge >= 0.3 is 0 Å². The molecule has 0 bridgehead atoms. The Morgan fingerprint density at radius 2 is 2.00 bits per heavy atom. The molecule has 0 aliphatic heterocycles. The fourth-order valence-electron chi connectivity index (χ4n) is 1.18. The molecule has 3 nitrogen and oxygen atoms in total. The van der Waals surface area contributed by atoms with Gasteiger partial charge in [-0.3, -0.25) is 0 Å². The van der Waals surface area contributed by atoms with E-state index in [1.165, 1.54) is 0 Å². The molecule has 0 fully saturated rings. The summed E-state index contributed by atoms with van der Waals surface area (Å²) in [4.78, 5) is 0. The fraction of sp³-hybridized carbons (Fsp3) is 0.400.